The molecule has 0 amide bonds. The third kappa shape index (κ3) is 4.66. The van der Waals surface area contributed by atoms with Crippen LogP contribution >= 0.6 is 0 Å². The van der Waals surface area contributed by atoms with Gasteiger partial charge in [0.25, 0.3) is 0 Å². The highest BCUT2D eigenvalue weighted by atomic mass is 16.3. The van der Waals surface area contributed by atoms with Gasteiger partial charge in [0.2, 0.25) is 0 Å². The highest BCUT2D eigenvalue weighted by Crippen LogP contribution is 2.29. The van der Waals surface area contributed by atoms with Crippen molar-refractivity contribution in [2.45, 2.75) is 47.2 Å². The first-order chi connectivity index (χ1) is 8.94. The fourth-order valence-electron chi connectivity index (χ4n) is 2.67. The lowest BCUT2D eigenvalue weighted by Crippen LogP contribution is -2.22. The molecule has 3 heteroatoms. The van der Waals surface area contributed by atoms with Crippen LogP contribution in [0.15, 0.2) is 16.5 Å². The van der Waals surface area contributed by atoms with Gasteiger partial charge in [-0.15, -0.1) is 0 Å². The summed E-state index contributed by atoms with van der Waals surface area (Å²) in [5.74, 6) is 2.83. The molecule has 1 aliphatic heterocycles. The van der Waals surface area contributed by atoms with Gasteiger partial charge in [-0.05, 0) is 43.0 Å². The van der Waals surface area contributed by atoms with Crippen LogP contribution in [-0.4, -0.2) is 24.5 Å². The largest absolute Gasteiger partial charge is 0.463 e. The maximum atomic E-state index is 5.89. The van der Waals surface area contributed by atoms with Gasteiger partial charge in [-0.2, -0.15) is 0 Å². The summed E-state index contributed by atoms with van der Waals surface area (Å²) >= 11 is 0. The molecule has 3 nitrogen and oxygen atoms in total. The average Bonchev–Trinajstić information content (AvgIpc) is 2.86. The number of hydrogen-bond acceptors (Lipinski definition) is 3. The van der Waals surface area contributed by atoms with E-state index < -0.39 is 0 Å². The van der Waals surface area contributed by atoms with E-state index in [0.29, 0.717) is 11.3 Å². The average molecular weight is 264 g/mol. The topological polar surface area (TPSA) is 28.4 Å². The lowest BCUT2D eigenvalue weighted by molar-refractivity contribution is 0.260. The zero-order valence-corrected chi connectivity index (χ0v) is 12.8. The molecule has 1 N–H and O–H groups in total. The van der Waals surface area contributed by atoms with Crippen LogP contribution in [0.25, 0.3) is 0 Å². The summed E-state index contributed by atoms with van der Waals surface area (Å²) in [6, 6.07) is 4.22. The number of nitrogens with one attached hydrogen (secondary N) is 1. The summed E-state index contributed by atoms with van der Waals surface area (Å²) in [6.07, 6.45) is 1.29. The molecule has 2 heterocycles. The molecule has 0 saturated carbocycles. The standard InChI is InChI=1S/C16H28N2O/c1-13(2)9-17-10-14-5-6-15(19-14)11-18-8-7-16(3,4)12-18/h5-6,13,17H,7-12H2,1-4H3. The molecular formula is C16H28N2O. The minimum atomic E-state index is 0.467. The van der Waals surface area contributed by atoms with Gasteiger partial charge < -0.3 is 9.73 Å². The Morgan fingerprint density at radius 2 is 2.05 bits per heavy atom. The minimum Gasteiger partial charge on any atom is -0.463 e. The fraction of sp³-hybridized carbons (Fsp3) is 0.750. The van der Waals surface area contributed by atoms with Crippen molar-refractivity contribution in [3.05, 3.63) is 23.7 Å². The number of furan rings is 1. The number of hydrogen-bond donors (Lipinski definition) is 1. The van der Waals surface area contributed by atoms with E-state index in [-0.39, 0.29) is 0 Å². The Hall–Kier alpha value is -0.800. The van der Waals surface area contributed by atoms with E-state index in [1.807, 2.05) is 0 Å². The van der Waals surface area contributed by atoms with Crippen molar-refractivity contribution >= 4 is 0 Å². The second kappa shape index (κ2) is 6.10. The summed E-state index contributed by atoms with van der Waals surface area (Å²) in [5, 5.41) is 3.41. The van der Waals surface area contributed by atoms with Gasteiger partial charge in [-0.3, -0.25) is 4.90 Å². The van der Waals surface area contributed by atoms with Gasteiger partial charge in [0, 0.05) is 6.54 Å². The molecular weight excluding hydrogens is 236 g/mol. The molecule has 1 aromatic rings. The van der Waals surface area contributed by atoms with Crippen LogP contribution in [-0.2, 0) is 13.1 Å². The van der Waals surface area contributed by atoms with E-state index in [0.717, 1.165) is 31.2 Å². The monoisotopic (exact) mass is 264 g/mol. The number of likely N-dealkylation sites (tertiary alicyclic amines) is 1. The second-order valence-corrected chi connectivity index (χ2v) is 7.02. The SMILES string of the molecule is CC(C)CNCc1ccc(CN2CCC(C)(C)C2)o1. The fourth-order valence-corrected chi connectivity index (χ4v) is 2.67. The van der Waals surface area contributed by atoms with Crippen LogP contribution in [0.1, 0.15) is 45.6 Å². The van der Waals surface area contributed by atoms with Crippen LogP contribution < -0.4 is 5.32 Å². The van der Waals surface area contributed by atoms with Crippen LogP contribution in [0.5, 0.6) is 0 Å². The molecule has 0 atom stereocenters. The molecule has 108 valence electrons. The predicted molar refractivity (Wildman–Crippen MR) is 78.9 cm³/mol. The van der Waals surface area contributed by atoms with Crippen molar-refractivity contribution in [2.75, 3.05) is 19.6 Å². The summed E-state index contributed by atoms with van der Waals surface area (Å²) < 4.78 is 5.89. The van der Waals surface area contributed by atoms with E-state index in [9.17, 15) is 0 Å². The van der Waals surface area contributed by atoms with Crippen molar-refractivity contribution in [3.63, 3.8) is 0 Å². The molecule has 0 unspecified atom stereocenters. The Bertz CT molecular complexity index is 395. The first-order valence-corrected chi connectivity index (χ1v) is 7.45. The zero-order valence-electron chi connectivity index (χ0n) is 12.8. The summed E-state index contributed by atoms with van der Waals surface area (Å²) in [6.45, 7) is 14.3. The molecule has 2 rings (SSSR count). The normalized spacial score (nSPS) is 19.4. The quantitative estimate of drug-likeness (QED) is 0.855. The molecule has 1 saturated heterocycles. The third-order valence-corrected chi connectivity index (χ3v) is 3.71. The van der Waals surface area contributed by atoms with Gasteiger partial charge in [0.1, 0.15) is 11.5 Å². The van der Waals surface area contributed by atoms with Crippen molar-refractivity contribution in [3.8, 4) is 0 Å². The molecule has 1 aliphatic rings. The summed E-state index contributed by atoms with van der Waals surface area (Å²) in [4.78, 5) is 2.49. The molecule has 0 bridgehead atoms. The van der Waals surface area contributed by atoms with Crippen molar-refractivity contribution in [1.29, 1.82) is 0 Å². The summed E-state index contributed by atoms with van der Waals surface area (Å²) in [5.41, 5.74) is 0.467. The highest BCUT2D eigenvalue weighted by Gasteiger charge is 2.29. The van der Waals surface area contributed by atoms with Gasteiger partial charge in [0.05, 0.1) is 13.1 Å². The first-order valence-electron chi connectivity index (χ1n) is 7.45. The Balaban J connectivity index is 1.78. The van der Waals surface area contributed by atoms with E-state index >= 15 is 0 Å². The third-order valence-electron chi connectivity index (χ3n) is 3.71. The van der Waals surface area contributed by atoms with Crippen molar-refractivity contribution in [1.82, 2.24) is 10.2 Å². The van der Waals surface area contributed by atoms with Gasteiger partial charge >= 0.3 is 0 Å². The molecule has 1 aromatic heterocycles. The maximum absolute atomic E-state index is 5.89. The number of nitrogens with zero attached hydrogens (tertiary/aromatic N) is 1. The Morgan fingerprint density at radius 3 is 2.68 bits per heavy atom. The van der Waals surface area contributed by atoms with E-state index in [4.69, 9.17) is 4.42 Å². The van der Waals surface area contributed by atoms with E-state index in [2.05, 4.69) is 50.0 Å². The van der Waals surface area contributed by atoms with Crippen LogP contribution in [0, 0.1) is 11.3 Å². The molecule has 19 heavy (non-hydrogen) atoms. The molecule has 1 fully saturated rings. The van der Waals surface area contributed by atoms with E-state index in [1.54, 1.807) is 0 Å². The Kier molecular flexibility index (Phi) is 4.69. The van der Waals surface area contributed by atoms with Gasteiger partial charge in [-0.25, -0.2) is 0 Å². The van der Waals surface area contributed by atoms with Crippen LogP contribution in [0.4, 0.5) is 0 Å². The Labute approximate surface area is 117 Å². The maximum Gasteiger partial charge on any atom is 0.118 e. The Morgan fingerprint density at radius 1 is 1.32 bits per heavy atom. The number of rotatable bonds is 6. The summed E-state index contributed by atoms with van der Waals surface area (Å²) in [7, 11) is 0. The predicted octanol–water partition coefficient (Wildman–Crippen LogP) is 3.26. The van der Waals surface area contributed by atoms with Crippen LogP contribution in [0.3, 0.4) is 0 Å². The minimum absolute atomic E-state index is 0.467. The van der Waals surface area contributed by atoms with Gasteiger partial charge in [0.15, 0.2) is 0 Å². The lowest BCUT2D eigenvalue weighted by Gasteiger charge is -2.18. The lowest BCUT2D eigenvalue weighted by atomic mass is 9.93. The highest BCUT2D eigenvalue weighted by molar-refractivity contribution is 5.07. The van der Waals surface area contributed by atoms with Crippen LogP contribution in [0.2, 0.25) is 0 Å². The molecule has 0 aromatic carbocycles. The molecule has 0 aliphatic carbocycles. The van der Waals surface area contributed by atoms with Gasteiger partial charge in [-0.1, -0.05) is 27.7 Å². The smallest absolute Gasteiger partial charge is 0.118 e. The zero-order chi connectivity index (χ0) is 13.9. The first kappa shape index (κ1) is 14.6. The van der Waals surface area contributed by atoms with E-state index in [1.165, 1.54) is 19.5 Å². The van der Waals surface area contributed by atoms with Crippen molar-refractivity contribution in [2.24, 2.45) is 11.3 Å². The molecule has 0 spiro atoms. The second-order valence-electron chi connectivity index (χ2n) is 7.02. The molecule has 0 radical (unpaired) electrons. The van der Waals surface area contributed by atoms with Crippen molar-refractivity contribution < 1.29 is 4.42 Å².